The Kier molecular flexibility index (Phi) is 6.03. The van der Waals surface area contributed by atoms with Crippen molar-refractivity contribution < 1.29 is 10.2 Å². The normalized spacial score (nSPS) is 14.6. The third-order valence-electron chi connectivity index (χ3n) is 9.62. The van der Waals surface area contributed by atoms with Crippen molar-refractivity contribution in [3.05, 3.63) is 119 Å². The summed E-state index contributed by atoms with van der Waals surface area (Å²) in [6.45, 7) is 0. The smallest absolute Gasteiger partial charge is 0.131 e. The summed E-state index contributed by atoms with van der Waals surface area (Å²) >= 11 is 0. The van der Waals surface area contributed by atoms with Crippen LogP contribution in [0, 0.1) is 0 Å². The van der Waals surface area contributed by atoms with E-state index in [-0.39, 0.29) is 0 Å². The molecule has 0 fully saturated rings. The average molecular weight is 547 g/mol. The zero-order chi connectivity index (χ0) is 28.2. The number of rotatable bonds is 3. The van der Waals surface area contributed by atoms with Crippen molar-refractivity contribution in [2.24, 2.45) is 0 Å². The number of phenolic OH excluding ortho intramolecular Hbond substituents is 2. The highest BCUT2D eigenvalue weighted by Gasteiger charge is 2.29. The Bertz CT molecular complexity index is 1870. The van der Waals surface area contributed by atoms with E-state index >= 15 is 0 Å². The molecule has 0 aromatic heterocycles. The Balaban J connectivity index is 1.41. The van der Waals surface area contributed by atoms with Gasteiger partial charge in [0.2, 0.25) is 0 Å². The highest BCUT2D eigenvalue weighted by atomic mass is 16.3. The molecule has 0 amide bonds. The van der Waals surface area contributed by atoms with Gasteiger partial charge in [0, 0.05) is 22.3 Å². The molecule has 8 rings (SSSR count). The molecular formula is C40H34O2. The maximum atomic E-state index is 12.2. The predicted octanol–water partition coefficient (Wildman–Crippen LogP) is 10.2. The Labute approximate surface area is 246 Å². The van der Waals surface area contributed by atoms with Crippen LogP contribution >= 0.6 is 0 Å². The van der Waals surface area contributed by atoms with Gasteiger partial charge in [-0.2, -0.15) is 0 Å². The molecular weight excluding hydrogens is 512 g/mol. The minimum atomic E-state index is 0.296. The van der Waals surface area contributed by atoms with Crippen molar-refractivity contribution in [1.29, 1.82) is 0 Å². The van der Waals surface area contributed by atoms with Crippen molar-refractivity contribution in [2.45, 2.75) is 51.4 Å². The van der Waals surface area contributed by atoms with E-state index in [9.17, 15) is 10.2 Å². The molecule has 0 aliphatic heterocycles. The number of aryl methyl sites for hydroxylation is 2. The number of phenols is 2. The number of hydrogen-bond acceptors (Lipinski definition) is 2. The summed E-state index contributed by atoms with van der Waals surface area (Å²) in [5, 5.41) is 29.2. The molecule has 206 valence electrons. The summed E-state index contributed by atoms with van der Waals surface area (Å²) in [6, 6.07) is 34.1. The summed E-state index contributed by atoms with van der Waals surface area (Å²) in [5.74, 6) is 0.592. The molecule has 42 heavy (non-hydrogen) atoms. The molecule has 2 nitrogen and oxygen atoms in total. The fraction of sp³-hybridized carbons (Fsp3) is 0.200. The second-order valence-electron chi connectivity index (χ2n) is 12.1. The fourth-order valence-corrected chi connectivity index (χ4v) is 7.48. The SMILES string of the molecule is Oc1c(-c2ccc3ccccc3c2)cc2c(c1-c1c(O)c(-c3ccc4ccccc4c3)cc3c1CCCC3)CCCC2. The molecule has 2 heteroatoms. The quantitative estimate of drug-likeness (QED) is 0.232. The van der Waals surface area contributed by atoms with Crippen LogP contribution in [0.2, 0.25) is 0 Å². The Morgan fingerprint density at radius 1 is 0.405 bits per heavy atom. The number of fused-ring (bicyclic) bond motifs is 4. The first-order valence-electron chi connectivity index (χ1n) is 15.4. The van der Waals surface area contributed by atoms with Gasteiger partial charge in [-0.1, -0.05) is 72.8 Å². The van der Waals surface area contributed by atoms with Crippen molar-refractivity contribution in [2.75, 3.05) is 0 Å². The molecule has 0 radical (unpaired) electrons. The number of hydrogen-bond donors (Lipinski definition) is 2. The van der Waals surface area contributed by atoms with Gasteiger partial charge >= 0.3 is 0 Å². The Morgan fingerprint density at radius 3 is 1.26 bits per heavy atom. The van der Waals surface area contributed by atoms with Crippen LogP contribution in [0.25, 0.3) is 54.9 Å². The average Bonchev–Trinajstić information content (AvgIpc) is 3.04. The highest BCUT2D eigenvalue weighted by Crippen LogP contribution is 2.52. The lowest BCUT2D eigenvalue weighted by Crippen LogP contribution is -2.10. The van der Waals surface area contributed by atoms with Crippen LogP contribution in [0.5, 0.6) is 11.5 Å². The van der Waals surface area contributed by atoms with Gasteiger partial charge in [0.15, 0.2) is 0 Å². The minimum absolute atomic E-state index is 0.296. The molecule has 0 heterocycles. The first-order chi connectivity index (χ1) is 20.7. The van der Waals surface area contributed by atoms with Crippen LogP contribution in [-0.2, 0) is 25.7 Å². The first-order valence-corrected chi connectivity index (χ1v) is 15.4. The van der Waals surface area contributed by atoms with E-state index in [1.54, 1.807) is 0 Å². The molecule has 6 aromatic rings. The van der Waals surface area contributed by atoms with Gasteiger partial charge in [0.1, 0.15) is 11.5 Å². The largest absolute Gasteiger partial charge is 0.507 e. The minimum Gasteiger partial charge on any atom is -0.507 e. The monoisotopic (exact) mass is 546 g/mol. The molecule has 2 aliphatic carbocycles. The standard InChI is InChI=1S/C40H34O2/c41-39-35(31-19-17-25-9-1-3-11-27(25)21-31)23-29-13-5-7-15-33(29)37(39)38-34-16-8-6-14-30(34)24-36(40(38)42)32-20-18-26-10-2-4-12-28(26)22-32/h1-4,9-12,17-24,41-42H,5-8,13-16H2. The summed E-state index contributed by atoms with van der Waals surface area (Å²) in [7, 11) is 0. The van der Waals surface area contributed by atoms with Crippen LogP contribution in [0.1, 0.15) is 47.9 Å². The van der Waals surface area contributed by atoms with E-state index < -0.39 is 0 Å². The van der Waals surface area contributed by atoms with Gasteiger partial charge in [0.05, 0.1) is 0 Å². The van der Waals surface area contributed by atoms with Crippen LogP contribution in [0.4, 0.5) is 0 Å². The maximum absolute atomic E-state index is 12.2. The van der Waals surface area contributed by atoms with Crippen molar-refractivity contribution in [3.63, 3.8) is 0 Å². The lowest BCUT2D eigenvalue weighted by molar-refractivity contribution is 0.468. The summed E-state index contributed by atoms with van der Waals surface area (Å²) in [5.41, 5.74) is 10.5. The Morgan fingerprint density at radius 2 is 0.810 bits per heavy atom. The predicted molar refractivity (Wildman–Crippen MR) is 174 cm³/mol. The number of benzene rings is 6. The van der Waals surface area contributed by atoms with Gasteiger partial charge < -0.3 is 10.2 Å². The van der Waals surface area contributed by atoms with E-state index in [4.69, 9.17) is 0 Å². The van der Waals surface area contributed by atoms with Gasteiger partial charge in [-0.15, -0.1) is 0 Å². The van der Waals surface area contributed by atoms with E-state index in [1.165, 1.54) is 33.0 Å². The van der Waals surface area contributed by atoms with E-state index in [0.717, 1.165) is 95.5 Å². The molecule has 0 saturated heterocycles. The van der Waals surface area contributed by atoms with Gasteiger partial charge in [0.25, 0.3) is 0 Å². The van der Waals surface area contributed by atoms with Crippen molar-refractivity contribution in [3.8, 4) is 44.9 Å². The van der Waals surface area contributed by atoms with Crippen LogP contribution in [-0.4, -0.2) is 10.2 Å². The van der Waals surface area contributed by atoms with Crippen LogP contribution in [0.3, 0.4) is 0 Å². The topological polar surface area (TPSA) is 40.5 Å². The molecule has 6 aromatic carbocycles. The molecule has 0 unspecified atom stereocenters. The third-order valence-corrected chi connectivity index (χ3v) is 9.62. The van der Waals surface area contributed by atoms with Crippen LogP contribution in [0.15, 0.2) is 97.1 Å². The summed E-state index contributed by atoms with van der Waals surface area (Å²) in [4.78, 5) is 0. The van der Waals surface area contributed by atoms with Crippen molar-refractivity contribution in [1.82, 2.24) is 0 Å². The maximum Gasteiger partial charge on any atom is 0.131 e. The fourth-order valence-electron chi connectivity index (χ4n) is 7.48. The molecule has 2 N–H and O–H groups in total. The molecule has 0 spiro atoms. The second-order valence-corrected chi connectivity index (χ2v) is 12.1. The van der Waals surface area contributed by atoms with Gasteiger partial charge in [-0.05, 0) is 131 Å². The molecule has 0 bridgehead atoms. The zero-order valence-electron chi connectivity index (χ0n) is 23.8. The molecule has 0 atom stereocenters. The lowest BCUT2D eigenvalue weighted by Gasteiger charge is -2.28. The summed E-state index contributed by atoms with van der Waals surface area (Å²) < 4.78 is 0. The highest BCUT2D eigenvalue weighted by molar-refractivity contribution is 5.96. The van der Waals surface area contributed by atoms with Gasteiger partial charge in [-0.25, -0.2) is 0 Å². The molecule has 2 aliphatic rings. The lowest BCUT2D eigenvalue weighted by atomic mass is 9.77. The van der Waals surface area contributed by atoms with Crippen LogP contribution < -0.4 is 0 Å². The Hall–Kier alpha value is -4.56. The molecule has 0 saturated carbocycles. The van der Waals surface area contributed by atoms with Crippen molar-refractivity contribution >= 4 is 21.5 Å². The van der Waals surface area contributed by atoms with E-state index in [2.05, 4.69) is 97.1 Å². The third kappa shape index (κ3) is 4.09. The van der Waals surface area contributed by atoms with Gasteiger partial charge in [-0.3, -0.25) is 0 Å². The zero-order valence-corrected chi connectivity index (χ0v) is 23.8. The van der Waals surface area contributed by atoms with E-state index in [0.29, 0.717) is 11.5 Å². The first kappa shape index (κ1) is 25.2. The summed E-state index contributed by atoms with van der Waals surface area (Å²) in [6.07, 6.45) is 8.33. The van der Waals surface area contributed by atoms with E-state index in [1.807, 2.05) is 0 Å². The number of aromatic hydroxyl groups is 2. The second kappa shape index (κ2) is 10.1.